The standard InChI is InChI=1S/C20H21FN4O4/c21-18-13(24-7-11-5-12(8-24)22-11)2-1-10-6-25(19(17(10)18)15(27)9-26)14-3-4-16(28)23-20(14)29/h1-2,9,11-12,14,19,22H,3-8H2,(H,23,28,29). The molecule has 0 spiro atoms. The maximum atomic E-state index is 15.6. The van der Waals surface area contributed by atoms with Gasteiger partial charge in [-0.2, -0.15) is 0 Å². The third-order valence-corrected chi connectivity index (χ3v) is 6.47. The summed E-state index contributed by atoms with van der Waals surface area (Å²) in [5, 5.41) is 5.67. The number of hydrogen-bond donors (Lipinski definition) is 2. The van der Waals surface area contributed by atoms with Crippen molar-refractivity contribution < 1.29 is 23.6 Å². The fourth-order valence-corrected chi connectivity index (χ4v) is 5.12. The number of imide groups is 1. The number of Topliss-reactive ketones (excluding diaryl/α,β-unsaturated/α-hetero) is 1. The highest BCUT2D eigenvalue weighted by atomic mass is 19.1. The number of carbonyl (C=O) groups excluding carboxylic acids is 4. The molecule has 4 saturated heterocycles. The Morgan fingerprint density at radius 1 is 1.21 bits per heavy atom. The van der Waals surface area contributed by atoms with Gasteiger partial charge < -0.3 is 10.2 Å². The van der Waals surface area contributed by atoms with Gasteiger partial charge in [0.1, 0.15) is 6.04 Å². The topological polar surface area (TPSA) is 98.8 Å². The number of halogens is 1. The zero-order valence-electron chi connectivity index (χ0n) is 15.7. The Morgan fingerprint density at radius 3 is 2.59 bits per heavy atom. The largest absolute Gasteiger partial charge is 0.366 e. The third-order valence-electron chi connectivity index (χ3n) is 6.47. The molecule has 152 valence electrons. The van der Waals surface area contributed by atoms with Gasteiger partial charge in [-0.25, -0.2) is 4.39 Å². The first-order valence-electron chi connectivity index (χ1n) is 9.87. The van der Waals surface area contributed by atoms with Gasteiger partial charge in [-0.3, -0.25) is 29.4 Å². The molecule has 4 fully saturated rings. The maximum absolute atomic E-state index is 15.6. The van der Waals surface area contributed by atoms with E-state index in [4.69, 9.17) is 0 Å². The average Bonchev–Trinajstić information content (AvgIpc) is 3.07. The molecule has 6 rings (SSSR count). The minimum atomic E-state index is -1.15. The van der Waals surface area contributed by atoms with Gasteiger partial charge in [-0.1, -0.05) is 6.07 Å². The number of nitrogens with one attached hydrogen (secondary N) is 2. The lowest BCUT2D eigenvalue weighted by atomic mass is 9.90. The van der Waals surface area contributed by atoms with Crippen molar-refractivity contribution in [3.8, 4) is 0 Å². The zero-order valence-corrected chi connectivity index (χ0v) is 15.7. The van der Waals surface area contributed by atoms with Crippen LogP contribution in [-0.4, -0.2) is 60.0 Å². The number of rotatable bonds is 4. The highest BCUT2D eigenvalue weighted by Crippen LogP contribution is 2.42. The molecule has 1 aromatic carbocycles. The Hall–Kier alpha value is -2.65. The average molecular weight is 400 g/mol. The highest BCUT2D eigenvalue weighted by Gasteiger charge is 2.46. The molecular formula is C20H21FN4O4. The summed E-state index contributed by atoms with van der Waals surface area (Å²) in [5.74, 6) is -2.17. The summed E-state index contributed by atoms with van der Waals surface area (Å²) in [6.45, 7) is 1.56. The van der Waals surface area contributed by atoms with E-state index in [0.717, 1.165) is 6.42 Å². The molecule has 29 heavy (non-hydrogen) atoms. The number of ketones is 1. The number of hydrogen-bond acceptors (Lipinski definition) is 7. The van der Waals surface area contributed by atoms with Crippen LogP contribution in [-0.2, 0) is 25.7 Å². The Morgan fingerprint density at radius 2 is 1.93 bits per heavy atom. The predicted octanol–water partition coefficient (Wildman–Crippen LogP) is -0.194. The van der Waals surface area contributed by atoms with Gasteiger partial charge in [0.15, 0.2) is 12.1 Å². The molecule has 4 unspecified atom stereocenters. The lowest BCUT2D eigenvalue weighted by Crippen LogP contribution is -2.67. The van der Waals surface area contributed by atoms with E-state index in [9.17, 15) is 19.2 Å². The van der Waals surface area contributed by atoms with Crippen LogP contribution in [0, 0.1) is 5.82 Å². The number of amides is 2. The van der Waals surface area contributed by atoms with Crippen LogP contribution in [0.25, 0.3) is 0 Å². The monoisotopic (exact) mass is 400 g/mol. The summed E-state index contributed by atoms with van der Waals surface area (Å²) in [5.41, 5.74) is 1.20. The van der Waals surface area contributed by atoms with Crippen molar-refractivity contribution in [2.45, 2.75) is 50.0 Å². The molecule has 5 aliphatic rings. The van der Waals surface area contributed by atoms with Gasteiger partial charge in [0.2, 0.25) is 17.6 Å². The minimum absolute atomic E-state index is 0.141. The van der Waals surface area contributed by atoms with Crippen LogP contribution in [0.4, 0.5) is 10.1 Å². The van der Waals surface area contributed by atoms with E-state index in [2.05, 4.69) is 10.6 Å². The van der Waals surface area contributed by atoms with Gasteiger partial charge in [0.05, 0.1) is 11.7 Å². The van der Waals surface area contributed by atoms with E-state index < -0.39 is 29.6 Å². The van der Waals surface area contributed by atoms with Crippen LogP contribution < -0.4 is 15.5 Å². The second-order valence-corrected chi connectivity index (χ2v) is 8.23. The molecule has 0 radical (unpaired) electrons. The van der Waals surface area contributed by atoms with Gasteiger partial charge in [-0.05, 0) is 24.5 Å². The van der Waals surface area contributed by atoms with Crippen molar-refractivity contribution in [1.82, 2.24) is 15.5 Å². The van der Waals surface area contributed by atoms with Crippen LogP contribution in [0.5, 0.6) is 0 Å². The predicted molar refractivity (Wildman–Crippen MR) is 99.5 cm³/mol. The molecule has 2 amide bonds. The van der Waals surface area contributed by atoms with Crippen molar-refractivity contribution in [3.63, 3.8) is 0 Å². The zero-order chi connectivity index (χ0) is 20.3. The summed E-state index contributed by atoms with van der Waals surface area (Å²) in [7, 11) is 0. The SMILES string of the molecule is O=CC(=O)C1c2c(ccc(N3CC4CC(C3)N4)c2F)CN1C1CCC(=O)NC1=O. The Bertz CT molecular complexity index is 919. The number of piperazine rings is 1. The number of fused-ring (bicyclic) bond motifs is 3. The number of aldehydes is 1. The summed E-state index contributed by atoms with van der Waals surface area (Å²) in [4.78, 5) is 51.2. The van der Waals surface area contributed by atoms with E-state index in [1.807, 2.05) is 4.90 Å². The first-order chi connectivity index (χ1) is 14.0. The summed E-state index contributed by atoms with van der Waals surface area (Å²) >= 11 is 0. The Labute approximate surface area is 166 Å². The van der Waals surface area contributed by atoms with E-state index in [-0.39, 0.29) is 37.1 Å². The van der Waals surface area contributed by atoms with Crippen molar-refractivity contribution >= 4 is 29.6 Å². The van der Waals surface area contributed by atoms with Crippen LogP contribution in [0.1, 0.15) is 36.4 Å². The molecular weight excluding hydrogens is 379 g/mol. The molecule has 8 nitrogen and oxygen atoms in total. The second kappa shape index (κ2) is 6.70. The fraction of sp³-hybridized carbons (Fsp3) is 0.500. The van der Waals surface area contributed by atoms with E-state index >= 15 is 4.39 Å². The molecule has 2 bridgehead atoms. The van der Waals surface area contributed by atoms with Crippen molar-refractivity contribution in [3.05, 3.63) is 29.1 Å². The van der Waals surface area contributed by atoms with Gasteiger partial charge >= 0.3 is 0 Å². The van der Waals surface area contributed by atoms with E-state index in [1.54, 1.807) is 17.0 Å². The van der Waals surface area contributed by atoms with Crippen molar-refractivity contribution in [2.24, 2.45) is 0 Å². The number of benzene rings is 1. The normalized spacial score (nSPS) is 31.1. The first kappa shape index (κ1) is 18.4. The molecule has 2 N–H and O–H groups in total. The van der Waals surface area contributed by atoms with Gasteiger partial charge in [-0.15, -0.1) is 0 Å². The molecule has 0 saturated carbocycles. The number of carbonyl (C=O) groups is 4. The summed E-state index contributed by atoms with van der Waals surface area (Å²) in [6, 6.07) is 2.27. The highest BCUT2D eigenvalue weighted by molar-refractivity contribution is 6.27. The summed E-state index contributed by atoms with van der Waals surface area (Å²) < 4.78 is 15.6. The fourth-order valence-electron chi connectivity index (χ4n) is 5.12. The minimum Gasteiger partial charge on any atom is -0.366 e. The van der Waals surface area contributed by atoms with Gasteiger partial charge in [0.25, 0.3) is 0 Å². The second-order valence-electron chi connectivity index (χ2n) is 8.23. The molecule has 1 aromatic rings. The van der Waals surface area contributed by atoms with E-state index in [1.165, 1.54) is 0 Å². The molecule has 0 aromatic heterocycles. The van der Waals surface area contributed by atoms with Gasteiger partial charge in [0, 0.05) is 43.7 Å². The quantitative estimate of drug-likeness (QED) is 0.411. The third kappa shape index (κ3) is 2.87. The van der Waals surface area contributed by atoms with Crippen molar-refractivity contribution in [1.29, 1.82) is 0 Å². The van der Waals surface area contributed by atoms with Crippen molar-refractivity contribution in [2.75, 3.05) is 18.0 Å². The Balaban J connectivity index is 1.51. The molecule has 5 heterocycles. The van der Waals surface area contributed by atoms with Crippen LogP contribution >= 0.6 is 0 Å². The molecule has 0 aliphatic carbocycles. The Kier molecular flexibility index (Phi) is 4.25. The van der Waals surface area contributed by atoms with Crippen LogP contribution in [0.3, 0.4) is 0 Å². The van der Waals surface area contributed by atoms with Crippen LogP contribution in [0.2, 0.25) is 0 Å². The first-order valence-corrected chi connectivity index (χ1v) is 9.87. The molecule has 4 atom stereocenters. The maximum Gasteiger partial charge on any atom is 0.243 e. The van der Waals surface area contributed by atoms with E-state index in [0.29, 0.717) is 36.4 Å². The molecule has 9 heteroatoms. The van der Waals surface area contributed by atoms with Crippen LogP contribution in [0.15, 0.2) is 12.1 Å². The number of anilines is 1. The summed E-state index contributed by atoms with van der Waals surface area (Å²) in [6.07, 6.45) is 1.64. The lowest BCUT2D eigenvalue weighted by molar-refractivity contribution is -0.141. The molecule has 5 aliphatic heterocycles. The number of piperidine rings is 2. The smallest absolute Gasteiger partial charge is 0.243 e. The lowest BCUT2D eigenvalue weighted by Gasteiger charge is -2.49. The number of nitrogens with zero attached hydrogens (tertiary/aromatic N) is 2.